The highest BCUT2D eigenvalue weighted by Crippen LogP contribution is 2.18. The second kappa shape index (κ2) is 8.98. The minimum absolute atomic E-state index is 0.206. The molecule has 7 nitrogen and oxygen atoms in total. The van der Waals surface area contributed by atoms with E-state index in [0.29, 0.717) is 19.5 Å². The Morgan fingerprint density at radius 1 is 1.00 bits per heavy atom. The number of benzene rings is 1. The van der Waals surface area contributed by atoms with E-state index in [1.807, 2.05) is 71.2 Å². The first-order valence-corrected chi connectivity index (χ1v) is 10.3. The van der Waals surface area contributed by atoms with E-state index >= 15 is 0 Å². The molecule has 0 aliphatic carbocycles. The number of piperazine rings is 1. The molecule has 0 unspecified atom stereocenters. The number of carbonyl (C=O) groups is 1. The van der Waals surface area contributed by atoms with Crippen molar-refractivity contribution < 1.29 is 9.53 Å². The maximum absolute atomic E-state index is 12.7. The van der Waals surface area contributed by atoms with E-state index < -0.39 is 0 Å². The number of aryl methyl sites for hydroxylation is 2. The summed E-state index contributed by atoms with van der Waals surface area (Å²) < 4.78 is 7.17. The number of carbonyl (C=O) groups excluding carboxylic acids is 1. The Labute approximate surface area is 176 Å². The number of hydrogen-bond donors (Lipinski definition) is 0. The third kappa shape index (κ3) is 4.62. The summed E-state index contributed by atoms with van der Waals surface area (Å²) in [6, 6.07) is 13.9. The minimum atomic E-state index is 0.206. The van der Waals surface area contributed by atoms with Crippen molar-refractivity contribution in [2.45, 2.75) is 19.8 Å². The Kier molecular flexibility index (Phi) is 5.97. The van der Waals surface area contributed by atoms with E-state index in [-0.39, 0.29) is 5.91 Å². The highest BCUT2D eigenvalue weighted by atomic mass is 16.5. The maximum atomic E-state index is 12.7. The summed E-state index contributed by atoms with van der Waals surface area (Å²) >= 11 is 0. The quantitative estimate of drug-likeness (QED) is 0.631. The average Bonchev–Trinajstić information content (AvgIpc) is 3.33. The van der Waals surface area contributed by atoms with Crippen molar-refractivity contribution >= 4 is 11.7 Å². The minimum Gasteiger partial charge on any atom is -0.497 e. The van der Waals surface area contributed by atoms with Crippen LogP contribution in [0.3, 0.4) is 0 Å². The van der Waals surface area contributed by atoms with Crippen LogP contribution in [0.5, 0.6) is 5.75 Å². The standard InChI is InChI=1S/C23H27N5O2/c1-18-24-21(26-11-3-4-12-26)17-22(25-18)27-13-15-28(16-14-27)23(29)10-7-19-5-8-20(30-2)9-6-19/h3-6,8-9,11-12,17H,7,10,13-16H2,1-2H3. The summed E-state index contributed by atoms with van der Waals surface area (Å²) in [6.07, 6.45) is 5.22. The fourth-order valence-electron chi connectivity index (χ4n) is 3.70. The lowest BCUT2D eigenvalue weighted by atomic mass is 10.1. The second-order valence-corrected chi connectivity index (χ2v) is 7.44. The van der Waals surface area contributed by atoms with Crippen molar-refractivity contribution in [3.63, 3.8) is 0 Å². The van der Waals surface area contributed by atoms with Gasteiger partial charge in [-0.25, -0.2) is 9.97 Å². The monoisotopic (exact) mass is 405 g/mol. The summed E-state index contributed by atoms with van der Waals surface area (Å²) in [6.45, 7) is 4.88. The molecule has 1 saturated heterocycles. The fourth-order valence-corrected chi connectivity index (χ4v) is 3.70. The SMILES string of the molecule is COc1ccc(CCC(=O)N2CCN(c3cc(-n4cccc4)nc(C)n3)CC2)cc1. The smallest absolute Gasteiger partial charge is 0.223 e. The molecule has 0 atom stereocenters. The summed E-state index contributed by atoms with van der Waals surface area (Å²) in [5.41, 5.74) is 1.15. The third-order valence-corrected chi connectivity index (χ3v) is 5.42. The summed E-state index contributed by atoms with van der Waals surface area (Å²) in [7, 11) is 1.66. The van der Waals surface area contributed by atoms with Gasteiger partial charge in [0.1, 0.15) is 23.2 Å². The number of rotatable bonds is 6. The van der Waals surface area contributed by atoms with Crippen molar-refractivity contribution in [2.24, 2.45) is 0 Å². The summed E-state index contributed by atoms with van der Waals surface area (Å²) in [4.78, 5) is 26.0. The van der Waals surface area contributed by atoms with Gasteiger partial charge in [0.2, 0.25) is 5.91 Å². The van der Waals surface area contributed by atoms with Gasteiger partial charge in [0, 0.05) is 51.1 Å². The molecular formula is C23H27N5O2. The molecule has 4 rings (SSSR count). The topological polar surface area (TPSA) is 63.5 Å². The molecule has 3 heterocycles. The molecule has 1 amide bonds. The van der Waals surface area contributed by atoms with Crippen LogP contribution in [0, 0.1) is 6.92 Å². The number of aromatic nitrogens is 3. The van der Waals surface area contributed by atoms with Crippen LogP contribution in [0.2, 0.25) is 0 Å². The number of ether oxygens (including phenoxy) is 1. The zero-order chi connectivity index (χ0) is 20.9. The molecule has 2 aromatic heterocycles. The van der Waals surface area contributed by atoms with Crippen LogP contribution >= 0.6 is 0 Å². The second-order valence-electron chi connectivity index (χ2n) is 7.44. The van der Waals surface area contributed by atoms with Crippen molar-refractivity contribution in [2.75, 3.05) is 38.2 Å². The molecule has 1 fully saturated rings. The number of amides is 1. The van der Waals surface area contributed by atoms with E-state index in [4.69, 9.17) is 4.74 Å². The van der Waals surface area contributed by atoms with E-state index in [1.54, 1.807) is 7.11 Å². The Morgan fingerprint density at radius 2 is 1.67 bits per heavy atom. The summed E-state index contributed by atoms with van der Waals surface area (Å²) in [5.74, 6) is 3.56. The van der Waals surface area contributed by atoms with Gasteiger partial charge in [-0.05, 0) is 43.2 Å². The first kappa shape index (κ1) is 19.9. The predicted octanol–water partition coefficient (Wildman–Crippen LogP) is 2.87. The Bertz CT molecular complexity index is 977. The first-order valence-electron chi connectivity index (χ1n) is 10.3. The maximum Gasteiger partial charge on any atom is 0.223 e. The van der Waals surface area contributed by atoms with E-state index in [1.165, 1.54) is 0 Å². The molecule has 1 aliphatic heterocycles. The first-order chi connectivity index (χ1) is 14.6. The highest BCUT2D eigenvalue weighted by Gasteiger charge is 2.22. The van der Waals surface area contributed by atoms with E-state index in [0.717, 1.165) is 48.3 Å². The van der Waals surface area contributed by atoms with Crippen molar-refractivity contribution in [3.05, 3.63) is 66.2 Å². The number of methoxy groups -OCH3 is 1. The van der Waals surface area contributed by atoms with Crippen LogP contribution in [-0.4, -0.2) is 58.6 Å². The van der Waals surface area contributed by atoms with Crippen molar-refractivity contribution in [1.29, 1.82) is 0 Å². The van der Waals surface area contributed by atoms with Crippen molar-refractivity contribution in [3.8, 4) is 11.6 Å². The summed E-state index contributed by atoms with van der Waals surface area (Å²) in [5, 5.41) is 0. The molecule has 1 aromatic carbocycles. The Morgan fingerprint density at radius 3 is 2.33 bits per heavy atom. The van der Waals surface area contributed by atoms with Gasteiger partial charge in [-0.1, -0.05) is 12.1 Å². The van der Waals surface area contributed by atoms with Crippen molar-refractivity contribution in [1.82, 2.24) is 19.4 Å². The molecule has 1 aliphatic rings. The largest absolute Gasteiger partial charge is 0.497 e. The number of anilines is 1. The molecule has 0 radical (unpaired) electrons. The zero-order valence-corrected chi connectivity index (χ0v) is 17.5. The molecule has 0 spiro atoms. The number of nitrogens with zero attached hydrogens (tertiary/aromatic N) is 5. The lowest BCUT2D eigenvalue weighted by molar-refractivity contribution is -0.131. The molecule has 0 saturated carbocycles. The van der Waals surface area contributed by atoms with Gasteiger partial charge < -0.3 is 19.1 Å². The van der Waals surface area contributed by atoms with E-state index in [2.05, 4.69) is 14.9 Å². The van der Waals surface area contributed by atoms with Crippen LogP contribution < -0.4 is 9.64 Å². The number of hydrogen-bond acceptors (Lipinski definition) is 5. The molecule has 0 bridgehead atoms. The predicted molar refractivity (Wildman–Crippen MR) is 116 cm³/mol. The molecule has 7 heteroatoms. The van der Waals surface area contributed by atoms with Gasteiger partial charge >= 0.3 is 0 Å². The molecular weight excluding hydrogens is 378 g/mol. The van der Waals surface area contributed by atoms with Gasteiger partial charge in [-0.15, -0.1) is 0 Å². The highest BCUT2D eigenvalue weighted by molar-refractivity contribution is 5.76. The van der Waals surface area contributed by atoms with Crippen LogP contribution in [0.25, 0.3) is 5.82 Å². The normalized spacial score (nSPS) is 14.1. The zero-order valence-electron chi connectivity index (χ0n) is 17.5. The average molecular weight is 406 g/mol. The Balaban J connectivity index is 1.32. The molecule has 3 aromatic rings. The van der Waals surface area contributed by atoms with Crippen LogP contribution in [0.15, 0.2) is 54.9 Å². The lowest BCUT2D eigenvalue weighted by Crippen LogP contribution is -2.49. The van der Waals surface area contributed by atoms with E-state index in [9.17, 15) is 4.79 Å². The van der Waals surface area contributed by atoms with Crippen LogP contribution in [0.4, 0.5) is 5.82 Å². The van der Waals surface area contributed by atoms with Gasteiger partial charge in [0.05, 0.1) is 7.11 Å². The van der Waals surface area contributed by atoms with Gasteiger partial charge in [0.25, 0.3) is 0 Å². The molecule has 156 valence electrons. The van der Waals surface area contributed by atoms with Gasteiger partial charge in [-0.3, -0.25) is 4.79 Å². The van der Waals surface area contributed by atoms with Gasteiger partial charge in [0.15, 0.2) is 0 Å². The van der Waals surface area contributed by atoms with Crippen LogP contribution in [0.1, 0.15) is 17.8 Å². The van der Waals surface area contributed by atoms with Gasteiger partial charge in [-0.2, -0.15) is 0 Å². The van der Waals surface area contributed by atoms with Crippen LogP contribution in [-0.2, 0) is 11.2 Å². The molecule has 0 N–H and O–H groups in total. The third-order valence-electron chi connectivity index (χ3n) is 5.42. The lowest BCUT2D eigenvalue weighted by Gasteiger charge is -2.35. The molecule has 30 heavy (non-hydrogen) atoms. The Hall–Kier alpha value is -3.35. The fraction of sp³-hybridized carbons (Fsp3) is 0.348.